The zero-order chi connectivity index (χ0) is 16.9. The highest BCUT2D eigenvalue weighted by molar-refractivity contribution is 5.98. The Hall–Kier alpha value is -2.04. The van der Waals surface area contributed by atoms with Gasteiger partial charge in [-0.1, -0.05) is 12.1 Å². The van der Waals surface area contributed by atoms with Gasteiger partial charge in [-0.25, -0.2) is 0 Å². The number of amides is 2. The molecule has 0 saturated heterocycles. The van der Waals surface area contributed by atoms with Crippen LogP contribution in [0.3, 0.4) is 0 Å². The molecule has 128 valence electrons. The van der Waals surface area contributed by atoms with Crippen LogP contribution in [-0.2, 0) is 4.79 Å². The van der Waals surface area contributed by atoms with Gasteiger partial charge < -0.3 is 15.4 Å². The van der Waals surface area contributed by atoms with E-state index in [1.807, 2.05) is 32.0 Å². The van der Waals surface area contributed by atoms with Crippen molar-refractivity contribution in [1.29, 1.82) is 0 Å². The highest BCUT2D eigenvalue weighted by Crippen LogP contribution is 2.52. The van der Waals surface area contributed by atoms with E-state index in [1.54, 1.807) is 6.07 Å². The Morgan fingerprint density at radius 2 is 2.12 bits per heavy atom. The maximum Gasteiger partial charge on any atom is 0.258 e. The Morgan fingerprint density at radius 1 is 1.33 bits per heavy atom. The summed E-state index contributed by atoms with van der Waals surface area (Å²) in [4.78, 5) is 25.0. The molecule has 2 N–H and O–H groups in total. The second-order valence-electron chi connectivity index (χ2n) is 7.69. The van der Waals surface area contributed by atoms with Crippen molar-refractivity contribution in [3.05, 3.63) is 29.8 Å². The van der Waals surface area contributed by atoms with Crippen LogP contribution in [0.25, 0.3) is 0 Å². The van der Waals surface area contributed by atoms with Gasteiger partial charge in [-0.2, -0.15) is 0 Å². The molecule has 1 spiro atoms. The van der Waals surface area contributed by atoms with Crippen LogP contribution in [0.4, 0.5) is 0 Å². The Morgan fingerprint density at radius 3 is 2.83 bits per heavy atom. The van der Waals surface area contributed by atoms with E-state index < -0.39 is 5.72 Å². The minimum Gasteiger partial charge on any atom is -0.467 e. The van der Waals surface area contributed by atoms with Crippen molar-refractivity contribution in [2.24, 2.45) is 17.8 Å². The van der Waals surface area contributed by atoms with Crippen molar-refractivity contribution in [2.45, 2.75) is 51.3 Å². The van der Waals surface area contributed by atoms with E-state index in [0.29, 0.717) is 17.7 Å². The Bertz CT molecular complexity index is 687. The summed E-state index contributed by atoms with van der Waals surface area (Å²) in [5, 5.41) is 6.17. The Balaban J connectivity index is 1.58. The molecular weight excluding hydrogens is 304 g/mol. The van der Waals surface area contributed by atoms with E-state index in [2.05, 4.69) is 10.6 Å². The van der Waals surface area contributed by atoms with Gasteiger partial charge in [0.1, 0.15) is 5.75 Å². The first kappa shape index (κ1) is 15.5. The molecule has 0 unspecified atom stereocenters. The largest absolute Gasteiger partial charge is 0.467 e. The molecule has 1 aromatic carbocycles. The average Bonchev–Trinajstić information content (AvgIpc) is 2.54. The zero-order valence-corrected chi connectivity index (χ0v) is 14.2. The number of rotatable bonds is 2. The topological polar surface area (TPSA) is 67.4 Å². The normalized spacial score (nSPS) is 33.8. The van der Waals surface area contributed by atoms with Crippen LogP contribution in [-0.4, -0.2) is 23.6 Å². The van der Waals surface area contributed by atoms with Crippen LogP contribution >= 0.6 is 0 Å². The number of hydrogen-bond donors (Lipinski definition) is 2. The number of carbonyl (C=O) groups excluding carboxylic acids is 2. The molecule has 5 nitrogen and oxygen atoms in total. The average molecular weight is 328 g/mol. The minimum atomic E-state index is -0.636. The fraction of sp³-hybridized carbons (Fsp3) is 0.579. The maximum absolute atomic E-state index is 12.5. The fourth-order valence-corrected chi connectivity index (χ4v) is 4.67. The standard InChI is InChI=1S/C19H24N2O3/c1-11(2)20-17(22)15-9-13-8-7-12(15)10-19(13)21-18(23)14-5-3-4-6-16(14)24-19/h3-6,11-13,15H,7-10H2,1-2H3,(H,20,22)(H,21,23)/t12-,13+,15+,19+/m0/s1. The summed E-state index contributed by atoms with van der Waals surface area (Å²) in [6, 6.07) is 7.55. The molecule has 24 heavy (non-hydrogen) atoms. The third kappa shape index (κ3) is 2.38. The van der Waals surface area contributed by atoms with Crippen molar-refractivity contribution in [1.82, 2.24) is 10.6 Å². The number of fused-ring (bicyclic) bond motifs is 3. The third-order valence-electron chi connectivity index (χ3n) is 5.73. The second kappa shape index (κ2) is 5.50. The first-order valence-electron chi connectivity index (χ1n) is 8.89. The van der Waals surface area contributed by atoms with Crippen molar-refractivity contribution in [2.75, 3.05) is 0 Å². The van der Waals surface area contributed by atoms with E-state index in [1.165, 1.54) is 0 Å². The molecular formula is C19H24N2O3. The van der Waals surface area contributed by atoms with E-state index in [9.17, 15) is 9.59 Å². The lowest BCUT2D eigenvalue weighted by atomic mass is 9.60. The lowest BCUT2D eigenvalue weighted by molar-refractivity contribution is -0.147. The second-order valence-corrected chi connectivity index (χ2v) is 7.69. The lowest BCUT2D eigenvalue weighted by Gasteiger charge is -2.55. The molecule has 3 fully saturated rings. The number of ether oxygens (including phenoxy) is 1. The van der Waals surface area contributed by atoms with Crippen LogP contribution in [0.1, 0.15) is 49.9 Å². The molecule has 5 rings (SSSR count). The van der Waals surface area contributed by atoms with Gasteiger partial charge in [-0.3, -0.25) is 9.59 Å². The summed E-state index contributed by atoms with van der Waals surface area (Å²) in [5.74, 6) is 1.23. The van der Waals surface area contributed by atoms with Gasteiger partial charge in [0.05, 0.1) is 5.56 Å². The highest BCUT2D eigenvalue weighted by atomic mass is 16.5. The summed E-state index contributed by atoms with van der Waals surface area (Å²) in [6.45, 7) is 3.98. The molecule has 2 amide bonds. The molecule has 0 radical (unpaired) electrons. The van der Waals surface area contributed by atoms with Crippen molar-refractivity contribution in [3.63, 3.8) is 0 Å². The minimum absolute atomic E-state index is 0.0365. The van der Waals surface area contributed by atoms with Gasteiger partial charge in [0.15, 0.2) is 5.72 Å². The molecule has 0 aromatic heterocycles. The third-order valence-corrected chi connectivity index (χ3v) is 5.73. The van der Waals surface area contributed by atoms with Crippen LogP contribution in [0, 0.1) is 17.8 Å². The molecule has 4 aliphatic rings. The fourth-order valence-electron chi connectivity index (χ4n) is 4.67. The predicted octanol–water partition coefficient (Wildman–Crippen LogP) is 2.47. The van der Waals surface area contributed by atoms with Crippen molar-refractivity contribution >= 4 is 11.8 Å². The van der Waals surface area contributed by atoms with Gasteiger partial charge in [0.25, 0.3) is 5.91 Å². The number of benzene rings is 1. The van der Waals surface area contributed by atoms with Gasteiger partial charge >= 0.3 is 0 Å². The van der Waals surface area contributed by atoms with E-state index >= 15 is 0 Å². The SMILES string of the molecule is CC(C)NC(=O)[C@@H]1C[C@H]2CC[C@H]1C[C@]21NC(=O)c2ccccc2O1. The summed E-state index contributed by atoms with van der Waals surface area (Å²) in [7, 11) is 0. The van der Waals surface area contributed by atoms with Crippen LogP contribution in [0.15, 0.2) is 24.3 Å². The Labute approximate surface area is 142 Å². The molecule has 2 bridgehead atoms. The smallest absolute Gasteiger partial charge is 0.258 e. The van der Waals surface area contributed by atoms with Gasteiger partial charge in [-0.15, -0.1) is 0 Å². The number of hydrogen-bond acceptors (Lipinski definition) is 3. The van der Waals surface area contributed by atoms with Crippen LogP contribution < -0.4 is 15.4 Å². The Kier molecular flexibility index (Phi) is 3.55. The van der Waals surface area contributed by atoms with Crippen LogP contribution in [0.5, 0.6) is 5.75 Å². The first-order chi connectivity index (χ1) is 11.5. The number of para-hydroxylation sites is 1. The highest BCUT2D eigenvalue weighted by Gasteiger charge is 2.57. The summed E-state index contributed by atoms with van der Waals surface area (Å²) in [5.41, 5.74) is -0.0400. The van der Waals surface area contributed by atoms with Crippen molar-refractivity contribution in [3.8, 4) is 5.75 Å². The monoisotopic (exact) mass is 328 g/mol. The van der Waals surface area contributed by atoms with E-state index in [-0.39, 0.29) is 35.6 Å². The van der Waals surface area contributed by atoms with E-state index in [4.69, 9.17) is 4.74 Å². The summed E-state index contributed by atoms with van der Waals surface area (Å²) in [6.07, 6.45) is 3.53. The van der Waals surface area contributed by atoms with Gasteiger partial charge in [0, 0.05) is 24.3 Å². The number of nitrogens with one attached hydrogen (secondary N) is 2. The molecule has 1 heterocycles. The summed E-state index contributed by atoms with van der Waals surface area (Å²) < 4.78 is 6.31. The quantitative estimate of drug-likeness (QED) is 0.876. The molecule has 3 saturated carbocycles. The zero-order valence-electron chi connectivity index (χ0n) is 14.2. The number of carbonyl (C=O) groups is 2. The molecule has 1 aliphatic heterocycles. The maximum atomic E-state index is 12.5. The van der Waals surface area contributed by atoms with Gasteiger partial charge in [-0.05, 0) is 51.2 Å². The molecule has 1 aromatic rings. The van der Waals surface area contributed by atoms with Crippen molar-refractivity contribution < 1.29 is 14.3 Å². The first-order valence-corrected chi connectivity index (χ1v) is 8.89. The lowest BCUT2D eigenvalue weighted by Crippen LogP contribution is -2.67. The van der Waals surface area contributed by atoms with E-state index in [0.717, 1.165) is 19.3 Å². The molecule has 4 atom stereocenters. The van der Waals surface area contributed by atoms with Gasteiger partial charge in [0.2, 0.25) is 5.91 Å². The molecule has 5 heteroatoms. The van der Waals surface area contributed by atoms with Crippen LogP contribution in [0.2, 0.25) is 0 Å². The molecule has 3 aliphatic carbocycles. The summed E-state index contributed by atoms with van der Waals surface area (Å²) >= 11 is 0. The predicted molar refractivity (Wildman–Crippen MR) is 89.5 cm³/mol.